The standard InChI is InChI=1S/C8H14N2O2S/c1-3-4-10-6(5-13)7(11)9(2)8(10)12/h11,13H,3-5H2,1-2H3. The summed E-state index contributed by atoms with van der Waals surface area (Å²) in [6.07, 6.45) is 0.865. The zero-order valence-electron chi connectivity index (χ0n) is 7.82. The van der Waals surface area contributed by atoms with Crippen molar-refractivity contribution in [2.45, 2.75) is 25.6 Å². The van der Waals surface area contributed by atoms with Crippen LogP contribution in [0.4, 0.5) is 0 Å². The quantitative estimate of drug-likeness (QED) is 0.710. The minimum absolute atomic E-state index is 0.0217. The molecule has 0 radical (unpaired) electrons. The number of thiol groups is 1. The van der Waals surface area contributed by atoms with Crippen molar-refractivity contribution in [1.82, 2.24) is 9.13 Å². The first kappa shape index (κ1) is 10.2. The fourth-order valence-electron chi connectivity index (χ4n) is 1.31. The molecule has 0 unspecified atom stereocenters. The van der Waals surface area contributed by atoms with E-state index in [0.717, 1.165) is 6.42 Å². The van der Waals surface area contributed by atoms with Crippen LogP contribution in [0, 0.1) is 0 Å². The van der Waals surface area contributed by atoms with Crippen LogP contribution in [0.15, 0.2) is 4.79 Å². The van der Waals surface area contributed by atoms with E-state index in [1.165, 1.54) is 4.57 Å². The predicted molar refractivity (Wildman–Crippen MR) is 54.3 cm³/mol. The maximum atomic E-state index is 11.5. The van der Waals surface area contributed by atoms with Crippen LogP contribution in [-0.4, -0.2) is 14.2 Å². The van der Waals surface area contributed by atoms with Crippen molar-refractivity contribution in [3.05, 3.63) is 16.2 Å². The van der Waals surface area contributed by atoms with Crippen LogP contribution in [0.1, 0.15) is 19.0 Å². The Hall–Kier alpha value is -0.840. The number of hydrogen-bond acceptors (Lipinski definition) is 3. The summed E-state index contributed by atoms with van der Waals surface area (Å²) in [5, 5.41) is 9.52. The van der Waals surface area contributed by atoms with E-state index in [1.54, 1.807) is 11.6 Å². The van der Waals surface area contributed by atoms with Crippen LogP contribution in [0.3, 0.4) is 0 Å². The Balaban J connectivity index is 3.30. The minimum atomic E-state index is -0.177. The Kier molecular flexibility index (Phi) is 3.08. The highest BCUT2D eigenvalue weighted by Crippen LogP contribution is 2.16. The van der Waals surface area contributed by atoms with Gasteiger partial charge < -0.3 is 5.11 Å². The van der Waals surface area contributed by atoms with Crippen LogP contribution >= 0.6 is 12.6 Å². The van der Waals surface area contributed by atoms with Gasteiger partial charge in [0.2, 0.25) is 5.88 Å². The van der Waals surface area contributed by atoms with Crippen LogP contribution in [-0.2, 0) is 19.3 Å². The highest BCUT2D eigenvalue weighted by Gasteiger charge is 2.14. The predicted octanol–water partition coefficient (Wildman–Crippen LogP) is 0.732. The molecule has 13 heavy (non-hydrogen) atoms. The van der Waals surface area contributed by atoms with E-state index < -0.39 is 0 Å². The van der Waals surface area contributed by atoms with E-state index in [-0.39, 0.29) is 11.6 Å². The minimum Gasteiger partial charge on any atom is -0.493 e. The average Bonchev–Trinajstić information content (AvgIpc) is 2.32. The third kappa shape index (κ3) is 1.60. The lowest BCUT2D eigenvalue weighted by atomic mass is 10.4. The highest BCUT2D eigenvalue weighted by molar-refractivity contribution is 7.79. The lowest BCUT2D eigenvalue weighted by Crippen LogP contribution is -2.23. The lowest BCUT2D eigenvalue weighted by Gasteiger charge is -2.01. The number of rotatable bonds is 3. The van der Waals surface area contributed by atoms with E-state index in [1.807, 2.05) is 6.92 Å². The van der Waals surface area contributed by atoms with Crippen molar-refractivity contribution >= 4 is 12.6 Å². The van der Waals surface area contributed by atoms with Gasteiger partial charge in [-0.3, -0.25) is 9.13 Å². The van der Waals surface area contributed by atoms with Crippen LogP contribution < -0.4 is 5.69 Å². The molecule has 0 bridgehead atoms. The summed E-state index contributed by atoms with van der Waals surface area (Å²) in [5.74, 6) is 0.399. The van der Waals surface area contributed by atoms with E-state index in [4.69, 9.17) is 0 Å². The van der Waals surface area contributed by atoms with Gasteiger partial charge in [-0.05, 0) is 6.42 Å². The summed E-state index contributed by atoms with van der Waals surface area (Å²) in [7, 11) is 1.55. The molecule has 5 heteroatoms. The van der Waals surface area contributed by atoms with E-state index in [9.17, 15) is 9.90 Å². The summed E-state index contributed by atoms with van der Waals surface area (Å²) in [6.45, 7) is 2.61. The Morgan fingerprint density at radius 3 is 2.62 bits per heavy atom. The van der Waals surface area contributed by atoms with Gasteiger partial charge in [-0.2, -0.15) is 12.6 Å². The van der Waals surface area contributed by atoms with E-state index >= 15 is 0 Å². The van der Waals surface area contributed by atoms with Gasteiger partial charge in [0.15, 0.2) is 0 Å². The molecule has 0 aliphatic rings. The maximum Gasteiger partial charge on any atom is 0.331 e. The van der Waals surface area contributed by atoms with Crippen molar-refractivity contribution < 1.29 is 5.11 Å². The zero-order valence-corrected chi connectivity index (χ0v) is 8.71. The molecule has 0 aromatic carbocycles. The molecule has 0 fully saturated rings. The monoisotopic (exact) mass is 202 g/mol. The van der Waals surface area contributed by atoms with Gasteiger partial charge in [0.1, 0.15) is 0 Å². The van der Waals surface area contributed by atoms with Gasteiger partial charge in [0.25, 0.3) is 0 Å². The molecule has 4 nitrogen and oxygen atoms in total. The second kappa shape index (κ2) is 3.91. The molecule has 0 aliphatic carbocycles. The molecule has 1 heterocycles. The molecule has 0 spiro atoms. The third-order valence-corrected chi connectivity index (χ3v) is 2.32. The number of hydrogen-bond donors (Lipinski definition) is 2. The molecule has 0 saturated heterocycles. The molecule has 0 atom stereocenters. The van der Waals surface area contributed by atoms with Gasteiger partial charge in [-0.1, -0.05) is 6.92 Å². The first-order valence-electron chi connectivity index (χ1n) is 4.21. The number of aromatic hydroxyl groups is 1. The van der Waals surface area contributed by atoms with Crippen molar-refractivity contribution in [3.8, 4) is 5.88 Å². The molecule has 1 rings (SSSR count). The summed E-state index contributed by atoms with van der Waals surface area (Å²) in [6, 6.07) is 0. The topological polar surface area (TPSA) is 47.2 Å². The first-order valence-corrected chi connectivity index (χ1v) is 4.84. The van der Waals surface area contributed by atoms with E-state index in [0.29, 0.717) is 18.0 Å². The number of nitrogens with zero attached hydrogens (tertiary/aromatic N) is 2. The second-order valence-corrected chi connectivity index (χ2v) is 3.24. The summed E-state index contributed by atoms with van der Waals surface area (Å²) >= 11 is 4.07. The van der Waals surface area contributed by atoms with Gasteiger partial charge in [-0.25, -0.2) is 4.79 Å². The van der Waals surface area contributed by atoms with Gasteiger partial charge in [-0.15, -0.1) is 0 Å². The Morgan fingerprint density at radius 2 is 2.15 bits per heavy atom. The third-order valence-electron chi connectivity index (χ3n) is 2.02. The van der Waals surface area contributed by atoms with Gasteiger partial charge >= 0.3 is 5.69 Å². The average molecular weight is 202 g/mol. The second-order valence-electron chi connectivity index (χ2n) is 2.92. The Morgan fingerprint density at radius 1 is 1.54 bits per heavy atom. The lowest BCUT2D eigenvalue weighted by molar-refractivity contribution is 0.425. The smallest absolute Gasteiger partial charge is 0.331 e. The summed E-state index contributed by atoms with van der Waals surface area (Å²) < 4.78 is 2.80. The Labute approximate surface area is 82.2 Å². The summed E-state index contributed by atoms with van der Waals surface area (Å²) in [4.78, 5) is 11.5. The zero-order chi connectivity index (χ0) is 10.0. The van der Waals surface area contributed by atoms with E-state index in [2.05, 4.69) is 12.6 Å². The van der Waals surface area contributed by atoms with Crippen molar-refractivity contribution in [1.29, 1.82) is 0 Å². The molecular formula is C8H14N2O2S. The van der Waals surface area contributed by atoms with Gasteiger partial charge in [0, 0.05) is 19.3 Å². The fourth-order valence-corrected chi connectivity index (χ4v) is 1.62. The number of imidazole rings is 1. The molecule has 0 amide bonds. The molecule has 1 N–H and O–H groups in total. The van der Waals surface area contributed by atoms with Crippen molar-refractivity contribution in [3.63, 3.8) is 0 Å². The normalized spacial score (nSPS) is 10.7. The van der Waals surface area contributed by atoms with Crippen LogP contribution in [0.5, 0.6) is 5.88 Å². The summed E-state index contributed by atoms with van der Waals surface area (Å²) in [5.41, 5.74) is 0.418. The van der Waals surface area contributed by atoms with Crippen LogP contribution in [0.2, 0.25) is 0 Å². The fraction of sp³-hybridized carbons (Fsp3) is 0.625. The molecular weight excluding hydrogens is 188 g/mol. The van der Waals surface area contributed by atoms with Gasteiger partial charge in [0.05, 0.1) is 5.69 Å². The van der Waals surface area contributed by atoms with Crippen molar-refractivity contribution in [2.24, 2.45) is 7.05 Å². The Bertz CT molecular complexity index is 354. The first-order chi connectivity index (χ1) is 6.13. The molecule has 0 saturated carbocycles. The molecule has 0 aliphatic heterocycles. The van der Waals surface area contributed by atoms with Crippen LogP contribution in [0.25, 0.3) is 0 Å². The SMILES string of the molecule is CCCn1c(CS)c(O)n(C)c1=O. The molecule has 1 aromatic rings. The largest absolute Gasteiger partial charge is 0.493 e. The maximum absolute atomic E-state index is 11.5. The van der Waals surface area contributed by atoms with Crippen molar-refractivity contribution in [2.75, 3.05) is 0 Å². The molecule has 74 valence electrons. The number of aromatic nitrogens is 2. The molecule has 1 aromatic heterocycles. The highest BCUT2D eigenvalue weighted by atomic mass is 32.1.